The van der Waals surface area contributed by atoms with E-state index in [0.717, 1.165) is 30.7 Å². The summed E-state index contributed by atoms with van der Waals surface area (Å²) in [7, 11) is 0. The Hall–Kier alpha value is -0.620. The molecule has 1 N–H and O–H groups in total. The van der Waals surface area contributed by atoms with Crippen LogP contribution in [0.3, 0.4) is 0 Å². The van der Waals surface area contributed by atoms with Crippen molar-refractivity contribution in [1.29, 1.82) is 0 Å². The predicted molar refractivity (Wildman–Crippen MR) is 51.8 cm³/mol. The molecule has 1 aliphatic heterocycles. The van der Waals surface area contributed by atoms with Gasteiger partial charge >= 0.3 is 6.18 Å². The van der Waals surface area contributed by atoms with Gasteiger partial charge in [-0.15, -0.1) is 11.3 Å². The van der Waals surface area contributed by atoms with Crippen LogP contribution in [-0.4, -0.2) is 11.5 Å². The van der Waals surface area contributed by atoms with Gasteiger partial charge in [0, 0.05) is 4.88 Å². The van der Waals surface area contributed by atoms with Gasteiger partial charge in [-0.25, -0.2) is 4.98 Å². The second-order valence-corrected chi connectivity index (χ2v) is 4.81. The SMILES string of the molecule is Cc1sc(C(F)(F)F)nc1C1CCCN1. The van der Waals surface area contributed by atoms with Gasteiger partial charge in [-0.1, -0.05) is 0 Å². The van der Waals surface area contributed by atoms with Crippen molar-refractivity contribution < 1.29 is 13.2 Å². The van der Waals surface area contributed by atoms with Crippen LogP contribution in [-0.2, 0) is 6.18 Å². The van der Waals surface area contributed by atoms with E-state index in [9.17, 15) is 13.2 Å². The molecule has 1 aromatic heterocycles. The molecule has 1 saturated heterocycles. The van der Waals surface area contributed by atoms with Gasteiger partial charge in [-0.05, 0) is 26.3 Å². The lowest BCUT2D eigenvalue weighted by Gasteiger charge is -2.07. The quantitative estimate of drug-likeness (QED) is 0.811. The van der Waals surface area contributed by atoms with Crippen molar-refractivity contribution in [2.75, 3.05) is 6.54 Å². The molecule has 1 unspecified atom stereocenters. The zero-order valence-electron chi connectivity index (χ0n) is 8.19. The van der Waals surface area contributed by atoms with E-state index in [4.69, 9.17) is 0 Å². The summed E-state index contributed by atoms with van der Waals surface area (Å²) >= 11 is 0.732. The molecule has 2 rings (SSSR count). The summed E-state index contributed by atoms with van der Waals surface area (Å²) in [6.45, 7) is 2.56. The van der Waals surface area contributed by atoms with Gasteiger partial charge in [0.1, 0.15) is 0 Å². The first-order valence-electron chi connectivity index (χ1n) is 4.76. The highest BCUT2D eigenvalue weighted by molar-refractivity contribution is 7.11. The van der Waals surface area contributed by atoms with Crippen molar-refractivity contribution in [3.05, 3.63) is 15.6 Å². The Morgan fingerprint density at radius 3 is 2.67 bits per heavy atom. The number of aromatic nitrogens is 1. The zero-order valence-corrected chi connectivity index (χ0v) is 9.00. The van der Waals surface area contributed by atoms with Crippen LogP contribution in [0.25, 0.3) is 0 Å². The van der Waals surface area contributed by atoms with Gasteiger partial charge in [0.2, 0.25) is 0 Å². The van der Waals surface area contributed by atoms with Crippen LogP contribution >= 0.6 is 11.3 Å². The number of thiazole rings is 1. The third-order valence-corrected chi connectivity index (χ3v) is 3.50. The largest absolute Gasteiger partial charge is 0.443 e. The van der Waals surface area contributed by atoms with Crippen molar-refractivity contribution in [2.45, 2.75) is 32.0 Å². The lowest BCUT2D eigenvalue weighted by atomic mass is 10.1. The normalized spacial score (nSPS) is 22.3. The fourth-order valence-corrected chi connectivity index (χ4v) is 2.61. The van der Waals surface area contributed by atoms with Gasteiger partial charge in [0.05, 0.1) is 11.7 Å². The average molecular weight is 236 g/mol. The van der Waals surface area contributed by atoms with E-state index in [1.54, 1.807) is 6.92 Å². The Labute approximate surface area is 89.5 Å². The van der Waals surface area contributed by atoms with Crippen molar-refractivity contribution in [1.82, 2.24) is 10.3 Å². The standard InChI is InChI=1S/C9H11F3N2S/c1-5-7(6-3-2-4-13-6)14-8(15-5)9(10,11)12/h6,13H,2-4H2,1H3. The average Bonchev–Trinajstić information content (AvgIpc) is 2.69. The number of nitrogens with one attached hydrogen (secondary N) is 1. The second-order valence-electron chi connectivity index (χ2n) is 3.61. The maximum absolute atomic E-state index is 12.4. The first-order valence-corrected chi connectivity index (χ1v) is 5.58. The summed E-state index contributed by atoms with van der Waals surface area (Å²) in [5.41, 5.74) is 0.574. The van der Waals surface area contributed by atoms with Crippen LogP contribution in [0, 0.1) is 6.92 Å². The minimum atomic E-state index is -4.31. The number of hydrogen-bond acceptors (Lipinski definition) is 3. The molecular weight excluding hydrogens is 225 g/mol. The van der Waals surface area contributed by atoms with Crippen molar-refractivity contribution >= 4 is 11.3 Å². The van der Waals surface area contributed by atoms with E-state index in [-0.39, 0.29) is 6.04 Å². The van der Waals surface area contributed by atoms with Crippen molar-refractivity contribution in [3.8, 4) is 0 Å². The molecule has 0 radical (unpaired) electrons. The summed E-state index contributed by atoms with van der Waals surface area (Å²) in [5.74, 6) is 0. The highest BCUT2D eigenvalue weighted by Crippen LogP contribution is 2.36. The summed E-state index contributed by atoms with van der Waals surface area (Å²) in [6, 6.07) is 0.0114. The van der Waals surface area contributed by atoms with E-state index in [1.807, 2.05) is 0 Å². The molecule has 1 fully saturated rings. The minimum absolute atomic E-state index is 0.0114. The molecule has 1 aliphatic rings. The summed E-state index contributed by atoms with van der Waals surface area (Å²) < 4.78 is 37.2. The molecule has 6 heteroatoms. The van der Waals surface area contributed by atoms with Crippen molar-refractivity contribution in [3.63, 3.8) is 0 Å². The van der Waals surface area contributed by atoms with E-state index >= 15 is 0 Å². The molecule has 1 aromatic rings. The van der Waals surface area contributed by atoms with Gasteiger partial charge in [0.25, 0.3) is 0 Å². The second kappa shape index (κ2) is 3.75. The van der Waals surface area contributed by atoms with Crippen molar-refractivity contribution in [2.24, 2.45) is 0 Å². The van der Waals surface area contributed by atoms with Gasteiger partial charge in [0.15, 0.2) is 5.01 Å². The number of nitrogens with zero attached hydrogens (tertiary/aromatic N) is 1. The van der Waals surface area contributed by atoms with Crippen LogP contribution in [0.2, 0.25) is 0 Å². The molecule has 0 saturated carbocycles. The Morgan fingerprint density at radius 1 is 1.47 bits per heavy atom. The van der Waals surface area contributed by atoms with E-state index in [0.29, 0.717) is 10.6 Å². The molecule has 0 aromatic carbocycles. The number of hydrogen-bond donors (Lipinski definition) is 1. The summed E-state index contributed by atoms with van der Waals surface area (Å²) in [6.07, 6.45) is -2.43. The van der Waals surface area contributed by atoms with Gasteiger partial charge in [-0.3, -0.25) is 0 Å². The minimum Gasteiger partial charge on any atom is -0.309 e. The van der Waals surface area contributed by atoms with E-state index in [1.165, 1.54) is 0 Å². The Kier molecular flexibility index (Phi) is 2.72. The zero-order chi connectivity index (χ0) is 11.1. The number of rotatable bonds is 1. The molecule has 0 spiro atoms. The number of aryl methyl sites for hydroxylation is 1. The number of alkyl halides is 3. The Morgan fingerprint density at radius 2 is 2.20 bits per heavy atom. The lowest BCUT2D eigenvalue weighted by Crippen LogP contribution is -2.14. The fourth-order valence-electron chi connectivity index (χ4n) is 1.77. The van der Waals surface area contributed by atoms with Crippen LogP contribution in [0.1, 0.15) is 34.5 Å². The van der Waals surface area contributed by atoms with E-state index in [2.05, 4.69) is 10.3 Å². The Bertz CT molecular complexity index is 353. The molecule has 0 bridgehead atoms. The molecule has 2 nitrogen and oxygen atoms in total. The summed E-state index contributed by atoms with van der Waals surface area (Å²) in [4.78, 5) is 4.36. The highest BCUT2D eigenvalue weighted by Gasteiger charge is 2.36. The molecule has 15 heavy (non-hydrogen) atoms. The topological polar surface area (TPSA) is 24.9 Å². The first kappa shape index (κ1) is 10.9. The molecular formula is C9H11F3N2S. The molecule has 1 atom stereocenters. The third-order valence-electron chi connectivity index (χ3n) is 2.47. The maximum Gasteiger partial charge on any atom is 0.443 e. The van der Waals surface area contributed by atoms with E-state index < -0.39 is 11.2 Å². The molecule has 0 amide bonds. The predicted octanol–water partition coefficient (Wildman–Crippen LogP) is 2.89. The van der Waals surface area contributed by atoms with Crippen LogP contribution in [0.15, 0.2) is 0 Å². The molecule has 0 aliphatic carbocycles. The Balaban J connectivity index is 2.29. The van der Waals surface area contributed by atoms with Crippen LogP contribution in [0.5, 0.6) is 0 Å². The van der Waals surface area contributed by atoms with Crippen LogP contribution in [0.4, 0.5) is 13.2 Å². The summed E-state index contributed by atoms with van der Waals surface area (Å²) in [5, 5.41) is 2.42. The van der Waals surface area contributed by atoms with Crippen LogP contribution < -0.4 is 5.32 Å². The highest BCUT2D eigenvalue weighted by atomic mass is 32.1. The maximum atomic E-state index is 12.4. The third kappa shape index (κ3) is 2.15. The number of halogens is 3. The molecule has 84 valence electrons. The van der Waals surface area contributed by atoms with Gasteiger partial charge < -0.3 is 5.32 Å². The first-order chi connectivity index (χ1) is 6.98. The monoisotopic (exact) mass is 236 g/mol. The smallest absolute Gasteiger partial charge is 0.309 e. The van der Waals surface area contributed by atoms with Gasteiger partial charge in [-0.2, -0.15) is 13.2 Å². The lowest BCUT2D eigenvalue weighted by molar-refractivity contribution is -0.137. The molecule has 2 heterocycles. The fraction of sp³-hybridized carbons (Fsp3) is 0.667.